The van der Waals surface area contributed by atoms with Crippen molar-refractivity contribution in [3.05, 3.63) is 41.1 Å². The first-order chi connectivity index (χ1) is 12.3. The fourth-order valence-electron chi connectivity index (χ4n) is 4.38. The zero-order valence-electron chi connectivity index (χ0n) is 16.0. The van der Waals surface area contributed by atoms with Gasteiger partial charge in [0.15, 0.2) is 15.6 Å². The molecule has 0 amide bonds. The van der Waals surface area contributed by atoms with E-state index in [0.717, 1.165) is 60.2 Å². The van der Waals surface area contributed by atoms with Gasteiger partial charge in [-0.1, -0.05) is 31.9 Å². The first-order valence-electron chi connectivity index (χ1n) is 9.32. The monoisotopic (exact) mass is 373 g/mol. The van der Waals surface area contributed by atoms with Crippen LogP contribution in [0.5, 0.6) is 0 Å². The first-order valence-corrected chi connectivity index (χ1v) is 10.9. The van der Waals surface area contributed by atoms with E-state index in [1.165, 1.54) is 0 Å². The molecule has 2 aromatic rings. The van der Waals surface area contributed by atoms with E-state index in [0.29, 0.717) is 4.90 Å². The third-order valence-corrected chi connectivity index (χ3v) is 7.93. The van der Waals surface area contributed by atoms with Gasteiger partial charge in [-0.05, 0) is 55.0 Å². The highest BCUT2D eigenvalue weighted by molar-refractivity contribution is 7.92. The Morgan fingerprint density at radius 1 is 1.15 bits per heavy atom. The molecular weight excluding hydrogens is 346 g/mol. The predicted molar refractivity (Wildman–Crippen MR) is 104 cm³/mol. The van der Waals surface area contributed by atoms with Crippen molar-refractivity contribution in [2.45, 2.75) is 63.0 Å². The highest BCUT2D eigenvalue weighted by Crippen LogP contribution is 2.34. The molecule has 26 heavy (non-hydrogen) atoms. The number of aromatic nitrogens is 1. The van der Waals surface area contributed by atoms with Gasteiger partial charge in [-0.3, -0.25) is 4.79 Å². The normalized spacial score (nSPS) is 15.5. The van der Waals surface area contributed by atoms with Gasteiger partial charge in [-0.2, -0.15) is 0 Å². The molecule has 1 aromatic heterocycles. The zero-order chi connectivity index (χ0) is 19.1. The maximum atomic E-state index is 12.8. The lowest BCUT2D eigenvalue weighted by molar-refractivity contribution is 0.100. The number of rotatable bonds is 5. The SMILES string of the molecule is CCc1c(C)c(C(C)=O)n(C)c1-c1ccc(S(=O)(=O)C2CCCC2)cc1. The molecule has 1 saturated carbocycles. The van der Waals surface area contributed by atoms with Gasteiger partial charge in [0.2, 0.25) is 0 Å². The quantitative estimate of drug-likeness (QED) is 0.726. The summed E-state index contributed by atoms with van der Waals surface area (Å²) in [5.74, 6) is 0.0476. The van der Waals surface area contributed by atoms with Crippen LogP contribution in [0.1, 0.15) is 61.1 Å². The van der Waals surface area contributed by atoms with Gasteiger partial charge in [0.1, 0.15) is 0 Å². The smallest absolute Gasteiger partial charge is 0.181 e. The number of benzene rings is 1. The van der Waals surface area contributed by atoms with Crippen molar-refractivity contribution in [2.75, 3.05) is 0 Å². The molecule has 0 N–H and O–H groups in total. The largest absolute Gasteiger partial charge is 0.341 e. The Kier molecular flexibility index (Phi) is 5.11. The average molecular weight is 374 g/mol. The van der Waals surface area contributed by atoms with E-state index in [1.807, 2.05) is 30.7 Å². The van der Waals surface area contributed by atoms with Crippen molar-refractivity contribution >= 4 is 15.6 Å². The summed E-state index contributed by atoms with van der Waals surface area (Å²) in [7, 11) is -1.34. The molecule has 0 spiro atoms. The van der Waals surface area contributed by atoms with Gasteiger partial charge >= 0.3 is 0 Å². The van der Waals surface area contributed by atoms with Gasteiger partial charge in [-0.25, -0.2) is 8.42 Å². The number of nitrogens with zero attached hydrogens (tertiary/aromatic N) is 1. The number of hydrogen-bond donors (Lipinski definition) is 0. The number of hydrogen-bond acceptors (Lipinski definition) is 3. The Hall–Kier alpha value is -1.88. The van der Waals surface area contributed by atoms with E-state index in [4.69, 9.17) is 0 Å². The van der Waals surface area contributed by atoms with Crippen LogP contribution in [0.2, 0.25) is 0 Å². The van der Waals surface area contributed by atoms with Crippen LogP contribution in [0.15, 0.2) is 29.2 Å². The first kappa shape index (κ1) is 18.9. The molecule has 1 aliphatic rings. The molecule has 1 aliphatic carbocycles. The maximum Gasteiger partial charge on any atom is 0.181 e. The third-order valence-electron chi connectivity index (χ3n) is 5.65. The second-order valence-corrected chi connectivity index (χ2v) is 9.47. The second kappa shape index (κ2) is 7.03. The molecule has 4 nitrogen and oxygen atoms in total. The summed E-state index contributed by atoms with van der Waals surface area (Å²) in [5, 5.41) is -0.235. The zero-order valence-corrected chi connectivity index (χ0v) is 16.8. The molecule has 1 heterocycles. The number of sulfone groups is 1. The summed E-state index contributed by atoms with van der Waals surface area (Å²) in [6.07, 6.45) is 4.35. The van der Waals surface area contributed by atoms with Crippen LogP contribution in [-0.2, 0) is 23.3 Å². The van der Waals surface area contributed by atoms with Gasteiger partial charge in [0, 0.05) is 14.0 Å². The lowest BCUT2D eigenvalue weighted by Gasteiger charge is -2.13. The van der Waals surface area contributed by atoms with Crippen LogP contribution < -0.4 is 0 Å². The summed E-state index contributed by atoms with van der Waals surface area (Å²) >= 11 is 0. The Morgan fingerprint density at radius 2 is 1.73 bits per heavy atom. The Balaban J connectivity index is 2.05. The Morgan fingerprint density at radius 3 is 2.23 bits per heavy atom. The number of Topliss-reactive ketones (excluding diaryl/α,β-unsaturated/α-hetero) is 1. The van der Waals surface area contributed by atoms with Crippen LogP contribution >= 0.6 is 0 Å². The molecular formula is C21H27NO3S. The van der Waals surface area contributed by atoms with Crippen molar-refractivity contribution in [3.63, 3.8) is 0 Å². The van der Waals surface area contributed by atoms with Crippen LogP contribution in [0, 0.1) is 6.92 Å². The summed E-state index contributed by atoms with van der Waals surface area (Å²) < 4.78 is 27.5. The molecule has 1 fully saturated rings. The third kappa shape index (κ3) is 3.02. The van der Waals surface area contributed by atoms with E-state index in [2.05, 4.69) is 6.92 Å². The van der Waals surface area contributed by atoms with Gasteiger partial charge in [0.25, 0.3) is 0 Å². The van der Waals surface area contributed by atoms with Crippen molar-refractivity contribution < 1.29 is 13.2 Å². The Bertz CT molecular complexity index is 931. The fraction of sp³-hybridized carbons (Fsp3) is 0.476. The van der Waals surface area contributed by atoms with Crippen molar-refractivity contribution in [3.8, 4) is 11.3 Å². The lowest BCUT2D eigenvalue weighted by atomic mass is 10.0. The molecule has 0 saturated heterocycles. The van der Waals surface area contributed by atoms with Gasteiger partial charge in [0.05, 0.1) is 21.5 Å². The van der Waals surface area contributed by atoms with Crippen molar-refractivity contribution in [1.82, 2.24) is 4.57 Å². The summed E-state index contributed by atoms with van der Waals surface area (Å²) in [6, 6.07) is 7.19. The van der Waals surface area contributed by atoms with E-state index in [9.17, 15) is 13.2 Å². The molecule has 0 aliphatic heterocycles. The molecule has 1 aromatic carbocycles. The van der Waals surface area contributed by atoms with Crippen LogP contribution in [0.25, 0.3) is 11.3 Å². The minimum absolute atomic E-state index is 0.0476. The molecule has 0 unspecified atom stereocenters. The lowest BCUT2D eigenvalue weighted by Crippen LogP contribution is -2.17. The molecule has 0 atom stereocenters. The second-order valence-electron chi connectivity index (χ2n) is 7.25. The van der Waals surface area contributed by atoms with Crippen molar-refractivity contribution in [2.24, 2.45) is 7.05 Å². The molecule has 5 heteroatoms. The highest BCUT2D eigenvalue weighted by atomic mass is 32.2. The minimum atomic E-state index is -3.24. The van der Waals surface area contributed by atoms with E-state index in [-0.39, 0.29) is 11.0 Å². The summed E-state index contributed by atoms with van der Waals surface area (Å²) in [4.78, 5) is 12.4. The molecule has 0 bridgehead atoms. The van der Waals surface area contributed by atoms with Crippen LogP contribution in [-0.4, -0.2) is 24.0 Å². The molecule has 140 valence electrons. The van der Waals surface area contributed by atoms with Gasteiger partial charge in [-0.15, -0.1) is 0 Å². The number of carbonyl (C=O) groups excluding carboxylic acids is 1. The summed E-state index contributed by atoms with van der Waals surface area (Å²) in [6.45, 7) is 5.65. The number of ketones is 1. The molecule has 3 rings (SSSR count). The standard InChI is InChI=1S/C21H27NO3S/c1-5-19-14(2)20(15(3)23)22(4)21(19)16-10-12-18(13-11-16)26(24,25)17-8-6-7-9-17/h10-13,17H,5-9H2,1-4H3. The van der Waals surface area contributed by atoms with Crippen LogP contribution in [0.4, 0.5) is 0 Å². The van der Waals surface area contributed by atoms with E-state index < -0.39 is 9.84 Å². The summed E-state index contributed by atoms with van der Waals surface area (Å²) in [5.41, 5.74) is 4.83. The predicted octanol–water partition coefficient (Wildman–Crippen LogP) is 4.48. The van der Waals surface area contributed by atoms with E-state index in [1.54, 1.807) is 19.1 Å². The fourth-order valence-corrected chi connectivity index (χ4v) is 6.23. The molecule has 0 radical (unpaired) electrons. The van der Waals surface area contributed by atoms with Crippen LogP contribution in [0.3, 0.4) is 0 Å². The topological polar surface area (TPSA) is 56.1 Å². The van der Waals surface area contributed by atoms with Crippen molar-refractivity contribution in [1.29, 1.82) is 0 Å². The average Bonchev–Trinajstić information content (AvgIpc) is 3.21. The van der Waals surface area contributed by atoms with Gasteiger partial charge < -0.3 is 4.57 Å². The number of carbonyl (C=O) groups is 1. The minimum Gasteiger partial charge on any atom is -0.341 e. The highest BCUT2D eigenvalue weighted by Gasteiger charge is 2.30. The van der Waals surface area contributed by atoms with E-state index >= 15 is 0 Å². The Labute approximate surface area is 156 Å². The maximum absolute atomic E-state index is 12.8.